The maximum absolute atomic E-state index is 13.0. The number of pyridine rings is 2. The fourth-order valence-corrected chi connectivity index (χ4v) is 2.14. The summed E-state index contributed by atoms with van der Waals surface area (Å²) < 4.78 is 19.1. The average molecular weight is 355 g/mol. The van der Waals surface area contributed by atoms with Crippen LogP contribution in [0, 0.1) is 26.7 Å². The first-order valence-corrected chi connectivity index (χ1v) is 6.81. The Morgan fingerprint density at radius 3 is 2.48 bits per heavy atom. The van der Waals surface area contributed by atoms with Crippen molar-refractivity contribution in [2.75, 3.05) is 0 Å². The van der Waals surface area contributed by atoms with Crippen molar-refractivity contribution in [1.29, 1.82) is 0 Å². The molecule has 5 nitrogen and oxygen atoms in total. The molecular weight excluding hydrogens is 343 g/mol. The Bertz CT molecular complexity index is 735. The van der Waals surface area contributed by atoms with Gasteiger partial charge < -0.3 is 9.84 Å². The van der Waals surface area contributed by atoms with Crippen molar-refractivity contribution < 1.29 is 19.0 Å². The van der Waals surface area contributed by atoms with Gasteiger partial charge in [-0.05, 0) is 54.4 Å². The lowest BCUT2D eigenvalue weighted by Gasteiger charge is -2.13. The minimum absolute atomic E-state index is 0.0443. The number of hydrogen-bond donors (Lipinski definition) is 1. The van der Waals surface area contributed by atoms with Crippen LogP contribution in [-0.2, 0) is 0 Å². The van der Waals surface area contributed by atoms with E-state index in [-0.39, 0.29) is 17.2 Å². The Balaban J connectivity index is 2.56. The second-order valence-corrected chi connectivity index (χ2v) is 5.23. The summed E-state index contributed by atoms with van der Waals surface area (Å²) in [5.74, 6) is -1.57. The van der Waals surface area contributed by atoms with Crippen molar-refractivity contribution in [3.8, 4) is 11.6 Å². The van der Waals surface area contributed by atoms with Crippen molar-refractivity contribution in [3.05, 3.63) is 45.1 Å². The molecule has 0 aliphatic heterocycles. The van der Waals surface area contributed by atoms with Gasteiger partial charge in [0.1, 0.15) is 5.56 Å². The number of aromatic carboxylic acids is 1. The number of carboxylic acid groups (broad SMARTS) is 1. The van der Waals surface area contributed by atoms with Gasteiger partial charge in [0.25, 0.3) is 0 Å². The van der Waals surface area contributed by atoms with Gasteiger partial charge in [-0.3, -0.25) is 0 Å². The highest BCUT2D eigenvalue weighted by molar-refractivity contribution is 9.10. The SMILES string of the molecule is Cc1nc(F)ccc1Oc1nc(C)c(Br)c(C)c1C(=O)O. The van der Waals surface area contributed by atoms with Crippen LogP contribution in [0.4, 0.5) is 4.39 Å². The Labute approximate surface area is 128 Å². The number of carboxylic acids is 1. The van der Waals surface area contributed by atoms with Gasteiger partial charge in [-0.25, -0.2) is 14.8 Å². The molecule has 0 bridgehead atoms. The van der Waals surface area contributed by atoms with Gasteiger partial charge in [-0.2, -0.15) is 4.39 Å². The molecule has 110 valence electrons. The van der Waals surface area contributed by atoms with Gasteiger partial charge in [-0.1, -0.05) is 0 Å². The standard InChI is InChI=1S/C14H12BrFN2O3/c1-6-11(14(19)20)13(18-8(3)12(6)15)21-9-4-5-10(16)17-7(9)2/h4-5H,1-3H3,(H,19,20). The van der Waals surface area contributed by atoms with Crippen LogP contribution in [0.25, 0.3) is 0 Å². The molecule has 0 aliphatic rings. The lowest BCUT2D eigenvalue weighted by molar-refractivity contribution is 0.0692. The number of carbonyl (C=O) groups is 1. The van der Waals surface area contributed by atoms with Crippen LogP contribution in [0.2, 0.25) is 0 Å². The Hall–Kier alpha value is -2.02. The van der Waals surface area contributed by atoms with Crippen molar-refractivity contribution in [2.45, 2.75) is 20.8 Å². The summed E-state index contributed by atoms with van der Waals surface area (Å²) in [4.78, 5) is 19.2. The number of hydrogen-bond acceptors (Lipinski definition) is 4. The fraction of sp³-hybridized carbons (Fsp3) is 0.214. The van der Waals surface area contributed by atoms with E-state index in [1.54, 1.807) is 20.8 Å². The van der Waals surface area contributed by atoms with E-state index in [1.807, 2.05) is 0 Å². The minimum Gasteiger partial charge on any atom is -0.477 e. The fourth-order valence-electron chi connectivity index (χ4n) is 1.85. The van der Waals surface area contributed by atoms with Gasteiger partial charge >= 0.3 is 5.97 Å². The first-order valence-electron chi connectivity index (χ1n) is 6.02. The summed E-state index contributed by atoms with van der Waals surface area (Å²) >= 11 is 3.30. The van der Waals surface area contributed by atoms with Gasteiger partial charge in [0.2, 0.25) is 11.8 Å². The van der Waals surface area contributed by atoms with E-state index in [4.69, 9.17) is 4.74 Å². The number of rotatable bonds is 3. The normalized spacial score (nSPS) is 10.5. The van der Waals surface area contributed by atoms with E-state index >= 15 is 0 Å². The maximum atomic E-state index is 13.0. The third kappa shape index (κ3) is 3.02. The van der Waals surface area contributed by atoms with Crippen LogP contribution < -0.4 is 4.74 Å². The van der Waals surface area contributed by atoms with Crippen LogP contribution in [0.15, 0.2) is 16.6 Å². The summed E-state index contributed by atoms with van der Waals surface area (Å²) in [7, 11) is 0. The first-order chi connectivity index (χ1) is 9.81. The molecule has 21 heavy (non-hydrogen) atoms. The third-order valence-corrected chi connectivity index (χ3v) is 4.10. The molecule has 0 amide bonds. The maximum Gasteiger partial charge on any atom is 0.341 e. The lowest BCUT2D eigenvalue weighted by atomic mass is 10.1. The van der Waals surface area contributed by atoms with E-state index in [9.17, 15) is 14.3 Å². The molecule has 2 heterocycles. The highest BCUT2D eigenvalue weighted by Gasteiger charge is 2.21. The van der Waals surface area contributed by atoms with Crippen molar-refractivity contribution in [3.63, 3.8) is 0 Å². The number of aryl methyl sites for hydroxylation is 2. The number of nitrogens with zero attached hydrogens (tertiary/aromatic N) is 2. The lowest BCUT2D eigenvalue weighted by Crippen LogP contribution is -2.08. The smallest absolute Gasteiger partial charge is 0.341 e. The second-order valence-electron chi connectivity index (χ2n) is 4.44. The number of ether oxygens (including phenoxy) is 1. The largest absolute Gasteiger partial charge is 0.477 e. The van der Waals surface area contributed by atoms with Crippen molar-refractivity contribution in [1.82, 2.24) is 9.97 Å². The summed E-state index contributed by atoms with van der Waals surface area (Å²) in [6.45, 7) is 4.95. The van der Waals surface area contributed by atoms with Crippen molar-refractivity contribution >= 4 is 21.9 Å². The average Bonchev–Trinajstić information content (AvgIpc) is 2.39. The molecule has 0 saturated heterocycles. The van der Waals surface area contributed by atoms with Crippen LogP contribution in [0.5, 0.6) is 11.6 Å². The van der Waals surface area contributed by atoms with Crippen LogP contribution in [-0.4, -0.2) is 21.0 Å². The van der Waals surface area contributed by atoms with Crippen molar-refractivity contribution in [2.24, 2.45) is 0 Å². The monoisotopic (exact) mass is 354 g/mol. The van der Waals surface area contributed by atoms with Gasteiger partial charge in [0.05, 0.1) is 11.4 Å². The molecule has 2 aromatic heterocycles. The zero-order valence-electron chi connectivity index (χ0n) is 11.6. The van der Waals surface area contributed by atoms with Crippen LogP contribution in [0.1, 0.15) is 27.3 Å². The molecule has 0 spiro atoms. The van der Waals surface area contributed by atoms with E-state index in [0.29, 0.717) is 21.4 Å². The zero-order chi connectivity index (χ0) is 15.7. The topological polar surface area (TPSA) is 72.3 Å². The number of aromatic nitrogens is 2. The Morgan fingerprint density at radius 1 is 1.24 bits per heavy atom. The van der Waals surface area contributed by atoms with Crippen LogP contribution >= 0.6 is 15.9 Å². The summed E-state index contributed by atoms with van der Waals surface area (Å²) in [6, 6.07) is 2.53. The Morgan fingerprint density at radius 2 is 1.90 bits per heavy atom. The first kappa shape index (κ1) is 15.4. The highest BCUT2D eigenvalue weighted by atomic mass is 79.9. The quantitative estimate of drug-likeness (QED) is 0.848. The summed E-state index contributed by atoms with van der Waals surface area (Å²) in [6.07, 6.45) is 0. The van der Waals surface area contributed by atoms with E-state index < -0.39 is 11.9 Å². The molecule has 0 unspecified atom stereocenters. The van der Waals surface area contributed by atoms with Gasteiger partial charge in [0, 0.05) is 4.47 Å². The number of halogens is 2. The minimum atomic E-state index is -1.15. The molecular formula is C14H12BrFN2O3. The molecule has 0 atom stereocenters. The molecule has 7 heteroatoms. The van der Waals surface area contributed by atoms with Crippen LogP contribution in [0.3, 0.4) is 0 Å². The third-order valence-electron chi connectivity index (χ3n) is 2.93. The molecule has 2 rings (SSSR count). The molecule has 0 aliphatic carbocycles. The molecule has 0 aromatic carbocycles. The summed E-state index contributed by atoms with van der Waals surface area (Å²) in [5.41, 5.74) is 1.38. The van der Waals surface area contributed by atoms with E-state index in [2.05, 4.69) is 25.9 Å². The molecule has 0 saturated carbocycles. The zero-order valence-corrected chi connectivity index (χ0v) is 13.2. The molecule has 2 aromatic rings. The van der Waals surface area contributed by atoms with E-state index in [1.165, 1.54) is 6.07 Å². The predicted octanol–water partition coefficient (Wildman–Crippen LogP) is 3.79. The van der Waals surface area contributed by atoms with E-state index in [0.717, 1.165) is 6.07 Å². The molecule has 0 radical (unpaired) electrons. The molecule has 1 N–H and O–H groups in total. The Kier molecular flexibility index (Phi) is 4.22. The summed E-state index contributed by atoms with van der Waals surface area (Å²) in [5, 5.41) is 9.34. The van der Waals surface area contributed by atoms with Gasteiger partial charge in [-0.15, -0.1) is 0 Å². The molecule has 0 fully saturated rings. The highest BCUT2D eigenvalue weighted by Crippen LogP contribution is 2.32. The second kappa shape index (κ2) is 5.77. The van der Waals surface area contributed by atoms with Gasteiger partial charge in [0.15, 0.2) is 5.75 Å². The predicted molar refractivity (Wildman–Crippen MR) is 77.4 cm³/mol.